The van der Waals surface area contributed by atoms with Crippen molar-refractivity contribution in [2.45, 2.75) is 45.3 Å². The molecule has 3 N–H and O–H groups in total. The Bertz CT molecular complexity index is 774. The minimum atomic E-state index is 0.389. The summed E-state index contributed by atoms with van der Waals surface area (Å²) in [5.74, 6) is 1.13. The van der Waals surface area contributed by atoms with E-state index in [-0.39, 0.29) is 0 Å². The van der Waals surface area contributed by atoms with E-state index in [2.05, 4.69) is 46.4 Å². The molecule has 1 heterocycles. The number of ether oxygens (including phenoxy) is 1. The van der Waals surface area contributed by atoms with Crippen LogP contribution in [0.4, 0.5) is 5.69 Å². The highest BCUT2D eigenvalue weighted by Crippen LogP contribution is 2.23. The molecule has 1 saturated heterocycles. The van der Waals surface area contributed by atoms with Crippen LogP contribution in [-0.4, -0.2) is 30.6 Å². The van der Waals surface area contributed by atoms with Crippen molar-refractivity contribution in [1.82, 2.24) is 4.90 Å². The molecule has 1 unspecified atom stereocenters. The molecule has 0 bridgehead atoms. The average Bonchev–Trinajstić information content (AvgIpc) is 2.69. The summed E-state index contributed by atoms with van der Waals surface area (Å²) >= 11 is 0. The molecule has 1 atom stereocenters. The predicted molar refractivity (Wildman–Crippen MR) is 112 cm³/mol. The predicted octanol–water partition coefficient (Wildman–Crippen LogP) is 4.00. The molecule has 144 valence electrons. The Morgan fingerprint density at radius 1 is 1.15 bits per heavy atom. The Morgan fingerprint density at radius 2 is 1.89 bits per heavy atom. The summed E-state index contributed by atoms with van der Waals surface area (Å²) in [7, 11) is 1.64. The van der Waals surface area contributed by atoms with Crippen LogP contribution >= 0.6 is 0 Å². The normalized spacial score (nSPS) is 18.3. The van der Waals surface area contributed by atoms with Gasteiger partial charge in [-0.15, -0.1) is 0 Å². The number of guanidine groups is 1. The van der Waals surface area contributed by atoms with Crippen molar-refractivity contribution >= 4 is 11.6 Å². The van der Waals surface area contributed by atoms with Crippen molar-refractivity contribution in [2.75, 3.05) is 19.0 Å². The minimum Gasteiger partial charge on any atom is -0.495 e. The van der Waals surface area contributed by atoms with Crippen LogP contribution in [0, 0.1) is 0 Å². The summed E-state index contributed by atoms with van der Waals surface area (Å²) in [4.78, 5) is 7.12. The molecule has 0 amide bonds. The van der Waals surface area contributed by atoms with Crippen molar-refractivity contribution in [3.05, 3.63) is 59.7 Å². The van der Waals surface area contributed by atoms with E-state index in [1.54, 1.807) is 7.11 Å². The van der Waals surface area contributed by atoms with Crippen LogP contribution in [0.2, 0.25) is 0 Å². The Balaban J connectivity index is 1.67. The van der Waals surface area contributed by atoms with Gasteiger partial charge in [-0.3, -0.25) is 4.90 Å². The van der Waals surface area contributed by atoms with Gasteiger partial charge in [0.15, 0.2) is 5.96 Å². The third-order valence-electron chi connectivity index (χ3n) is 5.22. The molecule has 5 nitrogen and oxygen atoms in total. The fourth-order valence-corrected chi connectivity index (χ4v) is 3.57. The van der Waals surface area contributed by atoms with Gasteiger partial charge in [0.1, 0.15) is 5.75 Å². The number of nitrogens with two attached hydrogens (primary N) is 1. The van der Waals surface area contributed by atoms with Crippen LogP contribution in [0.1, 0.15) is 37.3 Å². The number of nitrogens with zero attached hydrogens (tertiary/aromatic N) is 2. The smallest absolute Gasteiger partial charge is 0.193 e. The molecule has 1 aliphatic rings. The topological polar surface area (TPSA) is 62.9 Å². The third kappa shape index (κ3) is 5.23. The van der Waals surface area contributed by atoms with E-state index in [9.17, 15) is 0 Å². The Hall–Kier alpha value is -2.53. The number of nitrogens with one attached hydrogen (secondary N) is 1. The van der Waals surface area contributed by atoms with Gasteiger partial charge in [0.25, 0.3) is 0 Å². The number of benzene rings is 2. The molecule has 0 aliphatic carbocycles. The lowest BCUT2D eigenvalue weighted by Crippen LogP contribution is -2.37. The van der Waals surface area contributed by atoms with Gasteiger partial charge in [-0.05, 0) is 49.6 Å². The number of piperidine rings is 1. The lowest BCUT2D eigenvalue weighted by molar-refractivity contribution is 0.152. The zero-order valence-electron chi connectivity index (χ0n) is 16.3. The number of para-hydroxylation sites is 2. The lowest BCUT2D eigenvalue weighted by atomic mass is 10.0. The van der Waals surface area contributed by atoms with Gasteiger partial charge in [0, 0.05) is 12.6 Å². The summed E-state index contributed by atoms with van der Waals surface area (Å²) in [6.07, 6.45) is 3.92. The SMILES string of the molecule is COc1ccccc1NC(N)=NCc1ccccc1CN1CCCCC1C. The molecule has 3 rings (SSSR count). The number of methoxy groups -OCH3 is 1. The number of rotatable bonds is 6. The number of likely N-dealkylation sites (tertiary alicyclic amines) is 1. The van der Waals surface area contributed by atoms with E-state index < -0.39 is 0 Å². The van der Waals surface area contributed by atoms with Gasteiger partial charge in [0.2, 0.25) is 0 Å². The first-order chi connectivity index (χ1) is 13.2. The first-order valence-corrected chi connectivity index (χ1v) is 9.68. The van der Waals surface area contributed by atoms with Crippen LogP contribution in [-0.2, 0) is 13.1 Å². The quantitative estimate of drug-likeness (QED) is 0.599. The van der Waals surface area contributed by atoms with Crippen molar-refractivity contribution in [2.24, 2.45) is 10.7 Å². The number of hydrogen-bond donors (Lipinski definition) is 2. The number of aliphatic imine (C=N–C) groups is 1. The summed E-state index contributed by atoms with van der Waals surface area (Å²) < 4.78 is 5.34. The highest BCUT2D eigenvalue weighted by Gasteiger charge is 2.19. The van der Waals surface area contributed by atoms with Gasteiger partial charge in [-0.25, -0.2) is 4.99 Å². The summed E-state index contributed by atoms with van der Waals surface area (Å²) in [6.45, 7) is 5.05. The molecule has 1 aliphatic heterocycles. The maximum absolute atomic E-state index is 6.11. The molecule has 0 spiro atoms. The van der Waals surface area contributed by atoms with Crippen LogP contribution in [0.3, 0.4) is 0 Å². The van der Waals surface area contributed by atoms with E-state index in [4.69, 9.17) is 10.5 Å². The van der Waals surface area contributed by atoms with Crippen LogP contribution in [0.25, 0.3) is 0 Å². The van der Waals surface area contributed by atoms with Crippen LogP contribution in [0.5, 0.6) is 5.75 Å². The van der Waals surface area contributed by atoms with E-state index >= 15 is 0 Å². The molecule has 27 heavy (non-hydrogen) atoms. The second-order valence-electron chi connectivity index (χ2n) is 7.11. The van der Waals surface area contributed by atoms with Gasteiger partial charge >= 0.3 is 0 Å². The zero-order valence-corrected chi connectivity index (χ0v) is 16.3. The lowest BCUT2D eigenvalue weighted by Gasteiger charge is -2.33. The summed E-state index contributed by atoms with van der Waals surface area (Å²) in [5, 5.41) is 3.13. The molecule has 0 radical (unpaired) electrons. The molecule has 0 aromatic heterocycles. The molecule has 1 fully saturated rings. The van der Waals surface area contributed by atoms with Gasteiger partial charge in [-0.2, -0.15) is 0 Å². The largest absolute Gasteiger partial charge is 0.495 e. The second kappa shape index (κ2) is 9.42. The first kappa shape index (κ1) is 19.2. The second-order valence-corrected chi connectivity index (χ2v) is 7.11. The third-order valence-corrected chi connectivity index (χ3v) is 5.22. The van der Waals surface area contributed by atoms with E-state index in [0.717, 1.165) is 18.0 Å². The monoisotopic (exact) mass is 366 g/mol. The van der Waals surface area contributed by atoms with Crippen LogP contribution in [0.15, 0.2) is 53.5 Å². The maximum Gasteiger partial charge on any atom is 0.193 e. The Kier molecular flexibility index (Phi) is 6.71. The van der Waals surface area contributed by atoms with Crippen molar-refractivity contribution < 1.29 is 4.74 Å². The average molecular weight is 367 g/mol. The summed E-state index contributed by atoms with van der Waals surface area (Å²) in [6, 6.07) is 16.8. The maximum atomic E-state index is 6.11. The zero-order chi connectivity index (χ0) is 19.1. The molecule has 2 aromatic carbocycles. The van der Waals surface area contributed by atoms with Crippen molar-refractivity contribution in [1.29, 1.82) is 0 Å². The van der Waals surface area contributed by atoms with E-state index in [1.807, 2.05) is 24.3 Å². The van der Waals surface area contributed by atoms with Gasteiger partial charge < -0.3 is 15.8 Å². The minimum absolute atomic E-state index is 0.389. The van der Waals surface area contributed by atoms with Crippen LogP contribution < -0.4 is 15.8 Å². The molecular weight excluding hydrogens is 336 g/mol. The van der Waals surface area contributed by atoms with Crippen molar-refractivity contribution in [3.8, 4) is 5.75 Å². The Morgan fingerprint density at radius 3 is 2.67 bits per heavy atom. The number of anilines is 1. The van der Waals surface area contributed by atoms with Crippen molar-refractivity contribution in [3.63, 3.8) is 0 Å². The molecular formula is C22H30N4O. The Labute approximate surface area is 162 Å². The van der Waals surface area contributed by atoms with E-state index in [0.29, 0.717) is 18.5 Å². The fraction of sp³-hybridized carbons (Fsp3) is 0.409. The highest BCUT2D eigenvalue weighted by molar-refractivity contribution is 5.93. The first-order valence-electron chi connectivity index (χ1n) is 9.68. The standard InChI is InChI=1S/C22H30N4O/c1-17-9-7-8-14-26(17)16-19-11-4-3-10-18(19)15-24-22(23)25-20-12-5-6-13-21(20)27-2/h3-6,10-13,17H,7-9,14-16H2,1-2H3,(H3,23,24,25). The molecule has 0 saturated carbocycles. The highest BCUT2D eigenvalue weighted by atomic mass is 16.5. The van der Waals surface area contributed by atoms with E-state index in [1.165, 1.54) is 36.9 Å². The summed E-state index contributed by atoms with van der Waals surface area (Å²) in [5.41, 5.74) is 9.48. The fourth-order valence-electron chi connectivity index (χ4n) is 3.57. The molecule has 5 heteroatoms. The molecule has 2 aromatic rings. The number of hydrogen-bond acceptors (Lipinski definition) is 3. The van der Waals surface area contributed by atoms with Gasteiger partial charge in [-0.1, -0.05) is 42.8 Å². The van der Waals surface area contributed by atoms with Gasteiger partial charge in [0.05, 0.1) is 19.3 Å².